The Kier molecular flexibility index (Phi) is 8.70. The van der Waals surface area contributed by atoms with Gasteiger partial charge in [0, 0.05) is 0 Å². The summed E-state index contributed by atoms with van der Waals surface area (Å²) in [5.74, 6) is 0.365. The van der Waals surface area contributed by atoms with Gasteiger partial charge in [0.25, 0.3) is 10.0 Å². The van der Waals surface area contributed by atoms with Gasteiger partial charge in [-0.25, -0.2) is 12.8 Å². The number of hydrogen-bond donors (Lipinski definition) is 1. The van der Waals surface area contributed by atoms with E-state index in [0.29, 0.717) is 28.4 Å². The molecule has 2 rings (SSSR count). The van der Waals surface area contributed by atoms with E-state index in [4.69, 9.17) is 18.9 Å². The fraction of sp³-hybridized carbons (Fsp3) is 0.167. The summed E-state index contributed by atoms with van der Waals surface area (Å²) in [6, 6.07) is 6.11. The van der Waals surface area contributed by atoms with E-state index in [1.54, 1.807) is 24.3 Å². The zero-order valence-electron chi connectivity index (χ0n) is 18.8. The Bertz CT molecular complexity index is 1180. The van der Waals surface area contributed by atoms with Gasteiger partial charge in [0.15, 0.2) is 23.1 Å². The van der Waals surface area contributed by atoms with Crippen LogP contribution in [-0.2, 0) is 10.0 Å². The number of anilines is 1. The van der Waals surface area contributed by atoms with Crippen LogP contribution in [0.3, 0.4) is 0 Å². The monoisotopic (exact) mass is 475 g/mol. The number of rotatable bonds is 11. The minimum Gasteiger partial charge on any atom is -0.493 e. The van der Waals surface area contributed by atoms with Crippen LogP contribution in [0.1, 0.15) is 11.1 Å². The Morgan fingerprint density at radius 1 is 0.879 bits per heavy atom. The molecule has 0 aliphatic rings. The van der Waals surface area contributed by atoms with Crippen molar-refractivity contribution in [3.05, 3.63) is 77.5 Å². The van der Waals surface area contributed by atoms with E-state index in [1.165, 1.54) is 52.7 Å². The van der Waals surface area contributed by atoms with E-state index in [0.717, 1.165) is 6.08 Å². The van der Waals surface area contributed by atoms with Crippen molar-refractivity contribution in [3.63, 3.8) is 0 Å². The first-order valence-electron chi connectivity index (χ1n) is 9.58. The van der Waals surface area contributed by atoms with E-state index in [-0.39, 0.29) is 16.3 Å². The van der Waals surface area contributed by atoms with Crippen LogP contribution in [0.4, 0.5) is 10.1 Å². The van der Waals surface area contributed by atoms with Crippen molar-refractivity contribution in [1.82, 2.24) is 0 Å². The Labute approximate surface area is 193 Å². The zero-order chi connectivity index (χ0) is 24.6. The highest BCUT2D eigenvalue weighted by Crippen LogP contribution is 2.39. The summed E-state index contributed by atoms with van der Waals surface area (Å²) < 4.78 is 63.4. The molecule has 0 bridgehead atoms. The molecule has 0 aliphatic heterocycles. The maximum absolute atomic E-state index is 14.7. The van der Waals surface area contributed by atoms with Crippen LogP contribution in [-0.4, -0.2) is 36.9 Å². The molecule has 0 saturated heterocycles. The maximum Gasteiger partial charge on any atom is 0.261 e. The van der Waals surface area contributed by atoms with E-state index < -0.39 is 15.8 Å². The van der Waals surface area contributed by atoms with Gasteiger partial charge in [-0.15, -0.1) is 0 Å². The predicted octanol–water partition coefficient (Wildman–Crippen LogP) is 5.03. The van der Waals surface area contributed by atoms with Gasteiger partial charge in [0.2, 0.25) is 5.75 Å². The molecule has 0 saturated carbocycles. The number of halogens is 1. The summed E-state index contributed by atoms with van der Waals surface area (Å²) in [6.07, 6.45) is 7.03. The SMILES string of the molecule is C=C/C=C(\C=C)S(=O)(=O)Nc1cc(/C=C\c2cc(OC)c(OC)c(OC)c2)cc(F)c1OC. The van der Waals surface area contributed by atoms with Gasteiger partial charge in [0.05, 0.1) is 39.0 Å². The standard InChI is InChI=1S/C24H26FNO6S/c1-7-9-18(8-2)33(27,28)26-20-13-16(12-19(25)23(20)31-5)10-11-17-14-21(29-3)24(32-6)22(15-17)30-4/h7-15,26H,1-2H2,3-6H3/b11-10-,18-9+. The molecule has 0 unspecified atom stereocenters. The first-order chi connectivity index (χ1) is 15.7. The van der Waals surface area contributed by atoms with Crippen LogP contribution in [0, 0.1) is 5.82 Å². The second kappa shape index (κ2) is 11.2. The second-order valence-electron chi connectivity index (χ2n) is 6.49. The van der Waals surface area contributed by atoms with Crippen LogP contribution >= 0.6 is 0 Å². The molecule has 7 nitrogen and oxygen atoms in total. The molecule has 0 atom stereocenters. The lowest BCUT2D eigenvalue weighted by atomic mass is 10.1. The van der Waals surface area contributed by atoms with Gasteiger partial charge in [-0.05, 0) is 47.5 Å². The van der Waals surface area contributed by atoms with E-state index in [9.17, 15) is 12.8 Å². The summed E-state index contributed by atoms with van der Waals surface area (Å²) in [5.41, 5.74) is 0.997. The summed E-state index contributed by atoms with van der Waals surface area (Å²) in [7, 11) is 1.70. The van der Waals surface area contributed by atoms with Crippen molar-refractivity contribution in [3.8, 4) is 23.0 Å². The van der Waals surface area contributed by atoms with Crippen LogP contribution in [0.15, 0.2) is 60.6 Å². The fourth-order valence-electron chi connectivity index (χ4n) is 2.97. The minimum atomic E-state index is -4.04. The molecule has 1 N–H and O–H groups in total. The van der Waals surface area contributed by atoms with Crippen molar-refractivity contribution < 1.29 is 31.8 Å². The number of methoxy groups -OCH3 is 4. The zero-order valence-corrected chi connectivity index (χ0v) is 19.7. The third-order valence-corrected chi connectivity index (χ3v) is 5.88. The van der Waals surface area contributed by atoms with Crippen LogP contribution in [0.2, 0.25) is 0 Å². The van der Waals surface area contributed by atoms with Gasteiger partial charge in [-0.2, -0.15) is 0 Å². The highest BCUT2D eigenvalue weighted by molar-refractivity contribution is 7.96. The third-order valence-electron chi connectivity index (χ3n) is 4.46. The largest absolute Gasteiger partial charge is 0.493 e. The van der Waals surface area contributed by atoms with Gasteiger partial charge < -0.3 is 18.9 Å². The minimum absolute atomic E-state index is 0.0705. The summed E-state index contributed by atoms with van der Waals surface area (Å²) >= 11 is 0. The molecule has 2 aromatic carbocycles. The van der Waals surface area contributed by atoms with E-state index >= 15 is 0 Å². The molecule has 0 aliphatic carbocycles. The van der Waals surface area contributed by atoms with Gasteiger partial charge in [-0.1, -0.05) is 31.4 Å². The first kappa shape index (κ1) is 25.5. The second-order valence-corrected chi connectivity index (χ2v) is 8.17. The fourth-order valence-corrected chi connectivity index (χ4v) is 4.02. The average Bonchev–Trinajstić information content (AvgIpc) is 2.79. The average molecular weight is 476 g/mol. The predicted molar refractivity (Wildman–Crippen MR) is 129 cm³/mol. The molecule has 0 aromatic heterocycles. The quantitative estimate of drug-likeness (QED) is 0.363. The molecular formula is C24H26FNO6S. The molecular weight excluding hydrogens is 449 g/mol. The molecule has 0 amide bonds. The van der Waals surface area contributed by atoms with Crippen molar-refractivity contribution in [1.29, 1.82) is 0 Å². The third kappa shape index (κ3) is 5.95. The van der Waals surface area contributed by atoms with Crippen LogP contribution < -0.4 is 23.7 Å². The van der Waals surface area contributed by atoms with E-state index in [1.807, 2.05) is 0 Å². The molecule has 2 aromatic rings. The highest BCUT2D eigenvalue weighted by Gasteiger charge is 2.20. The number of nitrogens with one attached hydrogen (secondary N) is 1. The van der Waals surface area contributed by atoms with Gasteiger partial charge in [0.1, 0.15) is 0 Å². The maximum atomic E-state index is 14.7. The van der Waals surface area contributed by atoms with Crippen molar-refractivity contribution >= 4 is 27.9 Å². The lowest BCUT2D eigenvalue weighted by Crippen LogP contribution is -2.15. The molecule has 33 heavy (non-hydrogen) atoms. The summed E-state index contributed by atoms with van der Waals surface area (Å²) in [6.45, 7) is 6.97. The van der Waals surface area contributed by atoms with Crippen LogP contribution in [0.5, 0.6) is 23.0 Å². The lowest BCUT2D eigenvalue weighted by molar-refractivity contribution is 0.324. The molecule has 9 heteroatoms. The molecule has 0 radical (unpaired) electrons. The molecule has 0 heterocycles. The summed E-state index contributed by atoms with van der Waals surface area (Å²) in [5, 5.41) is 0. The highest BCUT2D eigenvalue weighted by atomic mass is 32.2. The summed E-state index contributed by atoms with van der Waals surface area (Å²) in [4.78, 5) is -0.127. The molecule has 176 valence electrons. The smallest absolute Gasteiger partial charge is 0.261 e. The van der Waals surface area contributed by atoms with E-state index in [2.05, 4.69) is 17.9 Å². The molecule has 0 fully saturated rings. The topological polar surface area (TPSA) is 83.1 Å². The molecule has 0 spiro atoms. The lowest BCUT2D eigenvalue weighted by Gasteiger charge is -2.14. The number of benzene rings is 2. The van der Waals surface area contributed by atoms with Crippen molar-refractivity contribution in [2.75, 3.05) is 33.2 Å². The Morgan fingerprint density at radius 2 is 1.42 bits per heavy atom. The number of ether oxygens (including phenoxy) is 4. The van der Waals surface area contributed by atoms with Crippen LogP contribution in [0.25, 0.3) is 12.2 Å². The van der Waals surface area contributed by atoms with Gasteiger partial charge >= 0.3 is 0 Å². The van der Waals surface area contributed by atoms with Crippen molar-refractivity contribution in [2.45, 2.75) is 0 Å². The van der Waals surface area contributed by atoms with Crippen molar-refractivity contribution in [2.24, 2.45) is 0 Å². The number of sulfonamides is 1. The Morgan fingerprint density at radius 3 is 1.88 bits per heavy atom. The number of allylic oxidation sites excluding steroid dienone is 3. The number of hydrogen-bond acceptors (Lipinski definition) is 6. The van der Waals surface area contributed by atoms with Gasteiger partial charge in [-0.3, -0.25) is 4.72 Å². The Hall–Kier alpha value is -3.72. The normalized spacial score (nSPS) is 11.7. The first-order valence-corrected chi connectivity index (χ1v) is 11.1. The Balaban J connectivity index is 2.51.